The van der Waals surface area contributed by atoms with Crippen molar-refractivity contribution in [2.24, 2.45) is 5.92 Å². The minimum absolute atomic E-state index is 0.166. The average Bonchev–Trinajstić information content (AvgIpc) is 3.21. The molecule has 3 aromatic heterocycles. The molecule has 31 heavy (non-hydrogen) atoms. The van der Waals surface area contributed by atoms with Crippen LogP contribution in [0, 0.1) is 5.92 Å². The van der Waals surface area contributed by atoms with Gasteiger partial charge in [0.15, 0.2) is 17.3 Å². The van der Waals surface area contributed by atoms with Crippen LogP contribution in [0.5, 0.6) is 5.75 Å². The third kappa shape index (κ3) is 4.38. The molecule has 1 atom stereocenters. The lowest BCUT2D eigenvalue weighted by Crippen LogP contribution is -2.10. The molecule has 0 amide bonds. The van der Waals surface area contributed by atoms with Gasteiger partial charge in [-0.05, 0) is 38.8 Å². The number of anilines is 1. The zero-order valence-electron chi connectivity index (χ0n) is 18.3. The molecule has 3 heterocycles. The van der Waals surface area contributed by atoms with E-state index in [4.69, 9.17) is 14.7 Å². The summed E-state index contributed by atoms with van der Waals surface area (Å²) in [4.78, 5) is 18.4. The molecule has 0 aromatic carbocycles. The molecule has 162 valence electrons. The molecule has 4 rings (SSSR count). The van der Waals surface area contributed by atoms with Gasteiger partial charge in [-0.2, -0.15) is 0 Å². The highest BCUT2D eigenvalue weighted by atomic mass is 16.5. The quantitative estimate of drug-likeness (QED) is 0.572. The molecule has 0 aliphatic heterocycles. The number of nitrogens with zero attached hydrogens (tertiary/aromatic N) is 5. The van der Waals surface area contributed by atoms with Gasteiger partial charge in [0.25, 0.3) is 0 Å². The molecule has 0 spiro atoms. The molecule has 0 bridgehead atoms. The largest absolute Gasteiger partial charge is 0.512 e. The Labute approximate surface area is 181 Å². The molecular weight excluding hydrogens is 392 g/mol. The summed E-state index contributed by atoms with van der Waals surface area (Å²) < 4.78 is 7.35. The number of nitrogens with one attached hydrogen (secondary N) is 1. The maximum atomic E-state index is 9.80. The van der Waals surface area contributed by atoms with Gasteiger partial charge >= 0.3 is 0 Å². The van der Waals surface area contributed by atoms with Crippen LogP contribution in [0.15, 0.2) is 48.3 Å². The zero-order chi connectivity index (χ0) is 22.0. The van der Waals surface area contributed by atoms with Gasteiger partial charge in [-0.3, -0.25) is 4.98 Å². The number of ether oxygens (including phenoxy) is 1. The fourth-order valence-electron chi connectivity index (χ4n) is 3.66. The van der Waals surface area contributed by atoms with Crippen molar-refractivity contribution in [3.05, 3.63) is 48.3 Å². The molecule has 1 unspecified atom stereocenters. The van der Waals surface area contributed by atoms with Gasteiger partial charge in [0.1, 0.15) is 11.3 Å². The lowest BCUT2D eigenvalue weighted by atomic mass is 9.92. The van der Waals surface area contributed by atoms with Crippen molar-refractivity contribution in [1.29, 1.82) is 0 Å². The first-order valence-electron chi connectivity index (χ1n) is 10.5. The van der Waals surface area contributed by atoms with E-state index in [1.807, 2.05) is 30.0 Å². The summed E-state index contributed by atoms with van der Waals surface area (Å²) in [5.41, 5.74) is 3.61. The molecule has 0 saturated heterocycles. The summed E-state index contributed by atoms with van der Waals surface area (Å²) in [5, 5.41) is 13.2. The van der Waals surface area contributed by atoms with Crippen LogP contribution in [0.3, 0.4) is 0 Å². The van der Waals surface area contributed by atoms with E-state index in [9.17, 15) is 5.11 Å². The Kier molecular flexibility index (Phi) is 5.88. The summed E-state index contributed by atoms with van der Waals surface area (Å²) in [6, 6.07) is 2.10. The van der Waals surface area contributed by atoms with E-state index in [1.54, 1.807) is 25.6 Å². The van der Waals surface area contributed by atoms with Crippen molar-refractivity contribution in [2.45, 2.75) is 39.7 Å². The van der Waals surface area contributed by atoms with Gasteiger partial charge in [0, 0.05) is 30.3 Å². The van der Waals surface area contributed by atoms with Gasteiger partial charge in [-0.25, -0.2) is 15.0 Å². The SMILES string of the molecule is COc1cncc(-c2nc(NCCC3=CC=C(O)C(C)C3)c3ncn(C(C)C)c3n2)c1. The van der Waals surface area contributed by atoms with E-state index in [-0.39, 0.29) is 12.0 Å². The summed E-state index contributed by atoms with van der Waals surface area (Å²) in [5.74, 6) is 2.54. The molecule has 3 aromatic rings. The van der Waals surface area contributed by atoms with Crippen molar-refractivity contribution >= 4 is 17.0 Å². The zero-order valence-corrected chi connectivity index (χ0v) is 18.3. The van der Waals surface area contributed by atoms with Crippen LogP contribution in [0.25, 0.3) is 22.6 Å². The van der Waals surface area contributed by atoms with E-state index in [2.05, 4.69) is 29.1 Å². The highest BCUT2D eigenvalue weighted by Crippen LogP contribution is 2.28. The smallest absolute Gasteiger partial charge is 0.166 e. The average molecular weight is 421 g/mol. The summed E-state index contributed by atoms with van der Waals surface area (Å²) in [6.45, 7) is 6.95. The molecular formula is C23H28N6O2. The highest BCUT2D eigenvalue weighted by Gasteiger charge is 2.17. The lowest BCUT2D eigenvalue weighted by Gasteiger charge is -2.18. The number of aromatic nitrogens is 5. The summed E-state index contributed by atoms with van der Waals surface area (Å²) >= 11 is 0. The molecule has 0 fully saturated rings. The summed E-state index contributed by atoms with van der Waals surface area (Å²) in [6.07, 6.45) is 10.7. The minimum atomic E-state index is 0.166. The summed E-state index contributed by atoms with van der Waals surface area (Å²) in [7, 11) is 1.61. The Bertz CT molecular complexity index is 1150. The number of rotatable bonds is 7. The molecule has 1 aliphatic carbocycles. The number of fused-ring (bicyclic) bond motifs is 1. The van der Waals surface area contributed by atoms with Crippen LogP contribution >= 0.6 is 0 Å². The number of hydrogen-bond donors (Lipinski definition) is 2. The van der Waals surface area contributed by atoms with Crippen LogP contribution < -0.4 is 10.1 Å². The molecule has 8 heteroatoms. The third-order valence-corrected chi connectivity index (χ3v) is 5.49. The molecule has 8 nitrogen and oxygen atoms in total. The number of pyridine rings is 1. The predicted octanol–water partition coefficient (Wildman–Crippen LogP) is 4.69. The Balaban J connectivity index is 1.65. The number of hydrogen-bond acceptors (Lipinski definition) is 7. The maximum absolute atomic E-state index is 9.80. The second-order valence-electron chi connectivity index (χ2n) is 8.13. The lowest BCUT2D eigenvalue weighted by molar-refractivity contribution is 0.335. The second kappa shape index (κ2) is 8.75. The first-order valence-corrected chi connectivity index (χ1v) is 10.5. The Hall–Kier alpha value is -3.42. The van der Waals surface area contributed by atoms with Crippen LogP contribution in [0.1, 0.15) is 39.7 Å². The molecule has 1 aliphatic rings. The highest BCUT2D eigenvalue weighted by molar-refractivity contribution is 5.85. The third-order valence-electron chi connectivity index (χ3n) is 5.49. The number of imidazole rings is 1. The fraction of sp³-hybridized carbons (Fsp3) is 0.391. The van der Waals surface area contributed by atoms with Crippen molar-refractivity contribution in [2.75, 3.05) is 19.0 Å². The van der Waals surface area contributed by atoms with Gasteiger partial charge in [0.2, 0.25) is 0 Å². The first-order chi connectivity index (χ1) is 15.0. The number of allylic oxidation sites excluding steroid dienone is 3. The van der Waals surface area contributed by atoms with E-state index in [0.717, 1.165) is 29.6 Å². The van der Waals surface area contributed by atoms with Gasteiger partial charge in [-0.1, -0.05) is 18.6 Å². The topological polar surface area (TPSA) is 98.0 Å². The maximum Gasteiger partial charge on any atom is 0.166 e. The number of aliphatic hydroxyl groups is 1. The second-order valence-corrected chi connectivity index (χ2v) is 8.13. The van der Waals surface area contributed by atoms with Crippen molar-refractivity contribution in [3.8, 4) is 17.1 Å². The van der Waals surface area contributed by atoms with E-state index < -0.39 is 0 Å². The molecule has 2 N–H and O–H groups in total. The van der Waals surface area contributed by atoms with Gasteiger partial charge < -0.3 is 19.7 Å². The van der Waals surface area contributed by atoms with E-state index in [0.29, 0.717) is 29.7 Å². The van der Waals surface area contributed by atoms with Gasteiger partial charge in [0.05, 0.1) is 25.4 Å². The number of methoxy groups -OCH3 is 1. The van der Waals surface area contributed by atoms with Crippen molar-refractivity contribution in [3.63, 3.8) is 0 Å². The van der Waals surface area contributed by atoms with Crippen LogP contribution in [0.4, 0.5) is 5.82 Å². The standard InChI is InChI=1S/C23H28N6O2/c1-14(2)29-13-26-20-22(25-8-7-16-5-6-19(30)15(3)9-16)27-21(28-23(20)29)17-10-18(31-4)12-24-11-17/h5-6,10-15,30H,7-9H2,1-4H3,(H,25,27,28). The van der Waals surface area contributed by atoms with Crippen molar-refractivity contribution < 1.29 is 9.84 Å². The normalized spacial score (nSPS) is 16.4. The first kappa shape index (κ1) is 20.8. The van der Waals surface area contributed by atoms with Crippen LogP contribution in [0.2, 0.25) is 0 Å². The fourth-order valence-corrected chi connectivity index (χ4v) is 3.66. The Morgan fingerprint density at radius 3 is 2.84 bits per heavy atom. The van der Waals surface area contributed by atoms with Gasteiger partial charge in [-0.15, -0.1) is 0 Å². The van der Waals surface area contributed by atoms with E-state index in [1.165, 1.54) is 5.57 Å². The predicted molar refractivity (Wildman–Crippen MR) is 121 cm³/mol. The molecule has 0 radical (unpaired) electrons. The number of aliphatic hydroxyl groups excluding tert-OH is 1. The van der Waals surface area contributed by atoms with E-state index >= 15 is 0 Å². The Morgan fingerprint density at radius 1 is 1.26 bits per heavy atom. The Morgan fingerprint density at radius 2 is 2.10 bits per heavy atom. The minimum Gasteiger partial charge on any atom is -0.512 e. The monoisotopic (exact) mass is 420 g/mol. The van der Waals surface area contributed by atoms with Crippen molar-refractivity contribution in [1.82, 2.24) is 24.5 Å². The van der Waals surface area contributed by atoms with Crippen LogP contribution in [-0.4, -0.2) is 43.3 Å². The van der Waals surface area contributed by atoms with Crippen LogP contribution in [-0.2, 0) is 0 Å². The molecule has 0 saturated carbocycles.